The number of nitrogens with one attached hydrogen (secondary N) is 1. The normalized spacial score (nSPS) is 12.0. The van der Waals surface area contributed by atoms with E-state index in [1.54, 1.807) is 13.0 Å². The average molecular weight is 369 g/mol. The predicted molar refractivity (Wildman–Crippen MR) is 90.4 cm³/mol. The van der Waals surface area contributed by atoms with Crippen LogP contribution in [-0.2, 0) is 4.79 Å². The largest absolute Gasteiger partial charge is 0.492 e. The van der Waals surface area contributed by atoms with Gasteiger partial charge in [-0.1, -0.05) is 30.3 Å². The zero-order valence-corrected chi connectivity index (χ0v) is 14.2. The summed E-state index contributed by atoms with van der Waals surface area (Å²) in [5.74, 6) is -1.96. The molecule has 0 aliphatic carbocycles. The molecule has 0 saturated heterocycles. The highest BCUT2D eigenvalue weighted by molar-refractivity contribution is 7.17. The first kappa shape index (κ1) is 18.9. The summed E-state index contributed by atoms with van der Waals surface area (Å²) in [6.07, 6.45) is -3.79. The monoisotopic (exact) mass is 369 g/mol. The van der Waals surface area contributed by atoms with E-state index >= 15 is 0 Å². The summed E-state index contributed by atoms with van der Waals surface area (Å²) < 4.78 is 30.4. The van der Waals surface area contributed by atoms with Gasteiger partial charge in [0.05, 0.1) is 6.61 Å². The summed E-state index contributed by atoms with van der Waals surface area (Å²) >= 11 is 1.12. The molecule has 1 unspecified atom stereocenters. The average Bonchev–Trinajstić information content (AvgIpc) is 2.99. The first-order valence-corrected chi connectivity index (χ1v) is 8.37. The molecule has 0 fully saturated rings. The van der Waals surface area contributed by atoms with Crippen LogP contribution < -0.4 is 10.1 Å². The van der Waals surface area contributed by atoms with E-state index in [9.17, 15) is 18.4 Å². The number of carboxylic acids is 1. The number of aliphatic carboxylic acids is 1. The lowest BCUT2D eigenvalue weighted by atomic mass is 10.2. The smallest absolute Gasteiger partial charge is 0.326 e. The van der Waals surface area contributed by atoms with Gasteiger partial charge in [0.25, 0.3) is 5.91 Å². The summed E-state index contributed by atoms with van der Waals surface area (Å²) in [6.45, 7) is 2.06. The van der Waals surface area contributed by atoms with Crippen LogP contribution in [0.15, 0.2) is 36.4 Å². The van der Waals surface area contributed by atoms with Crippen molar-refractivity contribution in [1.29, 1.82) is 0 Å². The van der Waals surface area contributed by atoms with Gasteiger partial charge >= 0.3 is 5.97 Å². The minimum atomic E-state index is -2.84. The Morgan fingerprint density at radius 3 is 2.52 bits per heavy atom. The van der Waals surface area contributed by atoms with Gasteiger partial charge in [-0.15, -0.1) is 11.3 Å². The Morgan fingerprint density at radius 2 is 1.96 bits per heavy atom. The summed E-state index contributed by atoms with van der Waals surface area (Å²) in [5.41, 5.74) is 0.870. The third-order valence-corrected chi connectivity index (χ3v) is 4.44. The van der Waals surface area contributed by atoms with Crippen molar-refractivity contribution in [3.05, 3.63) is 41.3 Å². The highest BCUT2D eigenvalue weighted by Crippen LogP contribution is 2.36. The highest BCUT2D eigenvalue weighted by atomic mass is 32.1. The Bertz CT molecular complexity index is 734. The lowest BCUT2D eigenvalue weighted by Gasteiger charge is -2.14. The number of thiophene rings is 1. The molecule has 2 N–H and O–H groups in total. The van der Waals surface area contributed by atoms with E-state index in [0.29, 0.717) is 12.4 Å². The van der Waals surface area contributed by atoms with Gasteiger partial charge < -0.3 is 15.2 Å². The quantitative estimate of drug-likeness (QED) is 0.745. The van der Waals surface area contributed by atoms with Gasteiger partial charge in [0.1, 0.15) is 16.7 Å². The molecule has 0 radical (unpaired) electrons. The second-order valence-corrected chi connectivity index (χ2v) is 6.15. The second-order valence-electron chi connectivity index (χ2n) is 5.09. The number of amides is 1. The Kier molecular flexibility index (Phi) is 6.46. The van der Waals surface area contributed by atoms with E-state index in [0.717, 1.165) is 21.8 Å². The van der Waals surface area contributed by atoms with Crippen LogP contribution in [0.2, 0.25) is 0 Å². The lowest BCUT2D eigenvalue weighted by molar-refractivity contribution is -0.140. The molecular weight excluding hydrogens is 352 g/mol. The van der Waals surface area contributed by atoms with Crippen molar-refractivity contribution in [3.63, 3.8) is 0 Å². The standard InChI is InChI=1S/C17H17F2NO4S/c1-2-24-12-9-13(10-6-4-3-5-7-10)25-15(12)16(21)20-11(17(22)23)8-14(18)19/h3-7,9,11,14H,2,8H2,1H3,(H,20,21)(H,22,23). The minimum absolute atomic E-state index is 0.154. The van der Waals surface area contributed by atoms with Gasteiger partial charge in [-0.2, -0.15) is 0 Å². The van der Waals surface area contributed by atoms with Crippen LogP contribution in [0.4, 0.5) is 8.78 Å². The maximum atomic E-state index is 12.5. The molecule has 2 rings (SSSR count). The van der Waals surface area contributed by atoms with Crippen LogP contribution >= 0.6 is 11.3 Å². The molecule has 8 heteroatoms. The molecule has 0 spiro atoms. The third-order valence-electron chi connectivity index (χ3n) is 3.28. The maximum absolute atomic E-state index is 12.5. The number of halogens is 2. The Hall–Kier alpha value is -2.48. The van der Waals surface area contributed by atoms with E-state index < -0.39 is 30.8 Å². The van der Waals surface area contributed by atoms with E-state index in [2.05, 4.69) is 5.32 Å². The summed E-state index contributed by atoms with van der Waals surface area (Å²) in [4.78, 5) is 24.4. The fourth-order valence-corrected chi connectivity index (χ4v) is 3.17. The number of ether oxygens (including phenoxy) is 1. The molecule has 1 aromatic heterocycles. The number of carbonyl (C=O) groups excluding carboxylic acids is 1. The summed E-state index contributed by atoms with van der Waals surface area (Å²) in [6, 6.07) is 9.29. The fourth-order valence-electron chi connectivity index (χ4n) is 2.16. The number of alkyl halides is 2. The topological polar surface area (TPSA) is 75.6 Å². The molecule has 0 saturated carbocycles. The van der Waals surface area contributed by atoms with Crippen LogP contribution in [0, 0.1) is 0 Å². The van der Waals surface area contributed by atoms with Crippen LogP contribution in [0.3, 0.4) is 0 Å². The number of carboxylic acid groups (broad SMARTS) is 1. The second kappa shape index (κ2) is 8.57. The van der Waals surface area contributed by atoms with Crippen molar-refractivity contribution in [2.75, 3.05) is 6.61 Å². The van der Waals surface area contributed by atoms with Crippen molar-refractivity contribution < 1.29 is 28.2 Å². The molecule has 2 aromatic rings. The molecule has 0 bridgehead atoms. The van der Waals surface area contributed by atoms with Crippen LogP contribution in [-0.4, -0.2) is 36.1 Å². The minimum Gasteiger partial charge on any atom is -0.492 e. The number of rotatable bonds is 8. The molecule has 5 nitrogen and oxygen atoms in total. The van der Waals surface area contributed by atoms with E-state index in [-0.39, 0.29) is 4.88 Å². The third kappa shape index (κ3) is 4.99. The molecule has 0 aliphatic heterocycles. The Morgan fingerprint density at radius 1 is 1.28 bits per heavy atom. The van der Waals surface area contributed by atoms with Gasteiger partial charge in [-0.05, 0) is 18.6 Å². The zero-order valence-electron chi connectivity index (χ0n) is 13.4. The number of benzene rings is 1. The van der Waals surface area contributed by atoms with Gasteiger partial charge in [0.15, 0.2) is 0 Å². The zero-order chi connectivity index (χ0) is 18.4. The summed E-state index contributed by atoms with van der Waals surface area (Å²) in [5, 5.41) is 11.1. The van der Waals surface area contributed by atoms with Gasteiger partial charge in [0.2, 0.25) is 6.43 Å². The van der Waals surface area contributed by atoms with E-state index in [1.165, 1.54) is 0 Å². The van der Waals surface area contributed by atoms with Crippen molar-refractivity contribution >= 4 is 23.2 Å². The molecule has 25 heavy (non-hydrogen) atoms. The van der Waals surface area contributed by atoms with E-state index in [4.69, 9.17) is 9.84 Å². The SMILES string of the molecule is CCOc1cc(-c2ccccc2)sc1C(=O)NC(CC(F)F)C(=O)O. The van der Waals surface area contributed by atoms with Crippen LogP contribution in [0.5, 0.6) is 5.75 Å². The van der Waals surface area contributed by atoms with Crippen LogP contribution in [0.25, 0.3) is 10.4 Å². The van der Waals surface area contributed by atoms with Crippen LogP contribution in [0.1, 0.15) is 23.0 Å². The fraction of sp³-hybridized carbons (Fsp3) is 0.294. The predicted octanol–water partition coefficient (Wildman–Crippen LogP) is 3.65. The number of carbonyl (C=O) groups is 2. The Labute approximate surface area is 147 Å². The van der Waals surface area contributed by atoms with E-state index in [1.807, 2.05) is 30.3 Å². The molecule has 1 atom stereocenters. The molecule has 1 heterocycles. The Balaban J connectivity index is 2.28. The lowest BCUT2D eigenvalue weighted by Crippen LogP contribution is -2.41. The molecular formula is C17H17F2NO4S. The van der Waals surface area contributed by atoms with Crippen molar-refractivity contribution in [3.8, 4) is 16.2 Å². The van der Waals surface area contributed by atoms with Crippen molar-refractivity contribution in [2.24, 2.45) is 0 Å². The molecule has 0 aliphatic rings. The summed E-state index contributed by atoms with van der Waals surface area (Å²) in [7, 11) is 0. The maximum Gasteiger partial charge on any atom is 0.326 e. The van der Waals surface area contributed by atoms with Gasteiger partial charge in [-0.3, -0.25) is 4.79 Å². The molecule has 1 aromatic carbocycles. The first-order chi connectivity index (χ1) is 11.9. The van der Waals surface area contributed by atoms with Gasteiger partial charge in [0, 0.05) is 11.3 Å². The number of hydrogen-bond donors (Lipinski definition) is 2. The molecule has 1 amide bonds. The van der Waals surface area contributed by atoms with Crippen molar-refractivity contribution in [1.82, 2.24) is 5.32 Å². The first-order valence-electron chi connectivity index (χ1n) is 7.56. The molecule has 134 valence electrons. The highest BCUT2D eigenvalue weighted by Gasteiger charge is 2.27. The van der Waals surface area contributed by atoms with Crippen molar-refractivity contribution in [2.45, 2.75) is 25.8 Å². The van der Waals surface area contributed by atoms with Gasteiger partial charge in [-0.25, -0.2) is 13.6 Å². The number of hydrogen-bond acceptors (Lipinski definition) is 4.